The van der Waals surface area contributed by atoms with Crippen LogP contribution in [0.3, 0.4) is 0 Å². The molecular weight excluding hydrogens is 495 g/mol. The topological polar surface area (TPSA) is 103 Å². The smallest absolute Gasteiger partial charge is 0.307 e. The lowest BCUT2D eigenvalue weighted by molar-refractivity contribution is -0.136. The molecule has 0 aliphatic carbocycles. The number of nitrogens with one attached hydrogen (secondary N) is 1. The van der Waals surface area contributed by atoms with Gasteiger partial charge in [0, 0.05) is 34.7 Å². The van der Waals surface area contributed by atoms with Gasteiger partial charge < -0.3 is 15.3 Å². The van der Waals surface area contributed by atoms with Gasteiger partial charge in [-0.15, -0.1) is 0 Å². The number of aryl methyl sites for hydroxylation is 1. The summed E-state index contributed by atoms with van der Waals surface area (Å²) in [5, 5.41) is 22.6. The molecule has 0 aliphatic rings. The van der Waals surface area contributed by atoms with Gasteiger partial charge in [-0.3, -0.25) is 9.59 Å². The van der Waals surface area contributed by atoms with Crippen LogP contribution in [-0.2, 0) is 11.2 Å². The van der Waals surface area contributed by atoms with E-state index >= 15 is 4.39 Å². The molecule has 0 bridgehead atoms. The van der Waals surface area contributed by atoms with Gasteiger partial charge in [0.15, 0.2) is 0 Å². The summed E-state index contributed by atoms with van der Waals surface area (Å²) in [7, 11) is 0. The summed E-state index contributed by atoms with van der Waals surface area (Å²) in [6, 6.07) is 22.3. The van der Waals surface area contributed by atoms with Gasteiger partial charge in [0.2, 0.25) is 5.56 Å². The van der Waals surface area contributed by atoms with Crippen molar-refractivity contribution in [3.8, 4) is 11.1 Å². The number of halogens is 2. The maximum absolute atomic E-state index is 15.1. The van der Waals surface area contributed by atoms with Gasteiger partial charge in [-0.25, -0.2) is 4.39 Å². The SMILES string of the molecule is Cc1[nH]c(=O)ccc1/C(C[C@@H](c1ccc(-c2ccc(CC(=O)O)cc2)cc1)c1ccc(Cl)cc1F)=N/O. The molecule has 8 heteroatoms. The molecule has 1 atom stereocenters. The fourth-order valence-electron chi connectivity index (χ4n) is 4.38. The molecule has 4 aromatic rings. The Labute approximate surface area is 217 Å². The number of carbonyl (C=O) groups is 1. The van der Waals surface area contributed by atoms with E-state index in [2.05, 4.69) is 10.1 Å². The second kappa shape index (κ2) is 11.2. The lowest BCUT2D eigenvalue weighted by Crippen LogP contribution is -2.16. The van der Waals surface area contributed by atoms with E-state index in [9.17, 15) is 14.8 Å². The summed E-state index contributed by atoms with van der Waals surface area (Å²) < 4.78 is 15.1. The average molecular weight is 519 g/mol. The Morgan fingerprint density at radius 1 is 1.00 bits per heavy atom. The first-order valence-electron chi connectivity index (χ1n) is 11.5. The van der Waals surface area contributed by atoms with Gasteiger partial charge in [-0.1, -0.05) is 71.4 Å². The van der Waals surface area contributed by atoms with Crippen molar-refractivity contribution >= 4 is 23.3 Å². The molecule has 0 saturated heterocycles. The molecule has 1 aromatic heterocycles. The zero-order chi connectivity index (χ0) is 26.5. The number of nitrogens with zero attached hydrogens (tertiary/aromatic N) is 1. The number of pyridine rings is 1. The van der Waals surface area contributed by atoms with Crippen LogP contribution in [0.5, 0.6) is 0 Å². The number of oxime groups is 1. The molecule has 0 aliphatic heterocycles. The maximum Gasteiger partial charge on any atom is 0.307 e. The van der Waals surface area contributed by atoms with E-state index < -0.39 is 17.7 Å². The third kappa shape index (κ3) is 6.13. The summed E-state index contributed by atoms with van der Waals surface area (Å²) in [6.45, 7) is 1.70. The second-order valence-corrected chi connectivity index (χ2v) is 9.16. The number of benzene rings is 3. The summed E-state index contributed by atoms with van der Waals surface area (Å²) in [4.78, 5) is 25.3. The van der Waals surface area contributed by atoms with Gasteiger partial charge in [0.05, 0.1) is 12.1 Å². The normalized spacial score (nSPS) is 12.4. The number of carboxylic acid groups (broad SMARTS) is 1. The van der Waals surface area contributed by atoms with Crippen LogP contribution >= 0.6 is 11.6 Å². The summed E-state index contributed by atoms with van der Waals surface area (Å²) >= 11 is 5.99. The van der Waals surface area contributed by atoms with Gasteiger partial charge in [0.1, 0.15) is 5.82 Å². The van der Waals surface area contributed by atoms with Crippen LogP contribution in [0.1, 0.15) is 40.3 Å². The molecule has 3 aromatic carbocycles. The predicted molar refractivity (Wildman–Crippen MR) is 141 cm³/mol. The first-order valence-corrected chi connectivity index (χ1v) is 11.9. The van der Waals surface area contributed by atoms with Crippen molar-refractivity contribution in [3.63, 3.8) is 0 Å². The number of aromatic nitrogens is 1. The number of carboxylic acids is 1. The molecule has 0 radical (unpaired) electrons. The van der Waals surface area contributed by atoms with E-state index in [4.69, 9.17) is 16.7 Å². The van der Waals surface area contributed by atoms with Crippen molar-refractivity contribution in [3.05, 3.63) is 128 Å². The Hall–Kier alpha value is -4.23. The predicted octanol–water partition coefficient (Wildman–Crippen LogP) is 6.17. The quantitative estimate of drug-likeness (QED) is 0.147. The number of aliphatic carboxylic acids is 1. The zero-order valence-electron chi connectivity index (χ0n) is 19.9. The van der Waals surface area contributed by atoms with Crippen molar-refractivity contribution in [2.75, 3.05) is 0 Å². The third-order valence-corrected chi connectivity index (χ3v) is 6.47. The zero-order valence-corrected chi connectivity index (χ0v) is 20.7. The standard InChI is InChI=1S/C29H24ClFN2O4/c1-17-23(12-13-28(34)32-17)27(33-37)16-25(24-11-10-22(30)15-26(24)31)21-8-6-20(7-9-21)19-4-2-18(3-5-19)14-29(35)36/h2-13,15,25,37H,14,16H2,1H3,(H,32,34)(H,35,36)/b33-27+/t25-/m0/s1. The molecule has 3 N–H and O–H groups in total. The van der Waals surface area contributed by atoms with Crippen molar-refractivity contribution in [1.29, 1.82) is 0 Å². The molecule has 0 fully saturated rings. The lowest BCUT2D eigenvalue weighted by atomic mass is 9.84. The number of aromatic amines is 1. The summed E-state index contributed by atoms with van der Waals surface area (Å²) in [5.41, 5.74) is 4.83. The van der Waals surface area contributed by atoms with Crippen molar-refractivity contribution in [2.45, 2.75) is 25.7 Å². The van der Waals surface area contributed by atoms with Crippen molar-refractivity contribution in [2.24, 2.45) is 5.16 Å². The Morgan fingerprint density at radius 2 is 1.65 bits per heavy atom. The Bertz CT molecular complexity index is 1510. The van der Waals surface area contributed by atoms with Gasteiger partial charge >= 0.3 is 5.97 Å². The van der Waals surface area contributed by atoms with Crippen LogP contribution in [0.15, 0.2) is 88.8 Å². The first-order chi connectivity index (χ1) is 17.7. The molecule has 0 spiro atoms. The van der Waals surface area contributed by atoms with Gasteiger partial charge in [-0.05, 0) is 52.9 Å². The Morgan fingerprint density at radius 3 is 2.22 bits per heavy atom. The number of hydrogen-bond acceptors (Lipinski definition) is 4. The highest BCUT2D eigenvalue weighted by atomic mass is 35.5. The highest BCUT2D eigenvalue weighted by Crippen LogP contribution is 2.34. The van der Waals surface area contributed by atoms with Crippen LogP contribution in [0.2, 0.25) is 5.02 Å². The minimum absolute atomic E-state index is 0.0446. The van der Waals surface area contributed by atoms with E-state index in [1.165, 1.54) is 12.1 Å². The van der Waals surface area contributed by atoms with E-state index in [1.807, 2.05) is 36.4 Å². The number of H-pyrrole nitrogens is 1. The fourth-order valence-corrected chi connectivity index (χ4v) is 4.54. The van der Waals surface area contributed by atoms with Crippen LogP contribution in [0.4, 0.5) is 4.39 Å². The highest BCUT2D eigenvalue weighted by Gasteiger charge is 2.23. The average Bonchev–Trinajstić information content (AvgIpc) is 2.86. The van der Waals surface area contributed by atoms with Gasteiger partial charge in [0.25, 0.3) is 0 Å². The van der Waals surface area contributed by atoms with Crippen LogP contribution in [0, 0.1) is 12.7 Å². The maximum atomic E-state index is 15.1. The van der Waals surface area contributed by atoms with Crippen LogP contribution < -0.4 is 5.56 Å². The molecule has 37 heavy (non-hydrogen) atoms. The van der Waals surface area contributed by atoms with E-state index in [-0.39, 0.29) is 23.4 Å². The number of rotatable bonds is 8. The largest absolute Gasteiger partial charge is 0.481 e. The lowest BCUT2D eigenvalue weighted by Gasteiger charge is -2.21. The monoisotopic (exact) mass is 518 g/mol. The van der Waals surface area contributed by atoms with Crippen molar-refractivity contribution < 1.29 is 19.5 Å². The van der Waals surface area contributed by atoms with E-state index in [1.54, 1.807) is 37.3 Å². The first kappa shape index (κ1) is 25.9. The molecule has 0 unspecified atom stereocenters. The van der Waals surface area contributed by atoms with E-state index in [0.717, 1.165) is 16.7 Å². The Kier molecular flexibility index (Phi) is 7.84. The van der Waals surface area contributed by atoms with Crippen molar-refractivity contribution in [1.82, 2.24) is 4.98 Å². The third-order valence-electron chi connectivity index (χ3n) is 6.24. The van der Waals surface area contributed by atoms with E-state index in [0.29, 0.717) is 28.1 Å². The van der Waals surface area contributed by atoms with Crippen LogP contribution in [0.25, 0.3) is 11.1 Å². The minimum atomic E-state index is -0.889. The molecule has 188 valence electrons. The van der Waals surface area contributed by atoms with Crippen LogP contribution in [-0.4, -0.2) is 27.0 Å². The number of hydrogen-bond donors (Lipinski definition) is 3. The molecule has 0 saturated carbocycles. The highest BCUT2D eigenvalue weighted by molar-refractivity contribution is 6.30. The molecule has 6 nitrogen and oxygen atoms in total. The molecule has 0 amide bonds. The molecular formula is C29H24ClFN2O4. The fraction of sp³-hybridized carbons (Fsp3) is 0.138. The molecule has 1 heterocycles. The minimum Gasteiger partial charge on any atom is -0.481 e. The summed E-state index contributed by atoms with van der Waals surface area (Å²) in [5.74, 6) is -1.88. The van der Waals surface area contributed by atoms with Gasteiger partial charge in [-0.2, -0.15) is 0 Å². The second-order valence-electron chi connectivity index (χ2n) is 8.72. The molecule has 4 rings (SSSR count). The Balaban J connectivity index is 1.70. The summed E-state index contributed by atoms with van der Waals surface area (Å²) in [6.07, 6.45) is 0.113.